The van der Waals surface area contributed by atoms with Gasteiger partial charge in [0, 0.05) is 26.2 Å². The van der Waals surface area contributed by atoms with Gasteiger partial charge in [0.25, 0.3) is 10.1 Å². The standard InChI is InChI=1S/C9H19NO5S/c1-2-15-9(8-16(11,12)13)7-10-3-5-14-6-4-10/h9H,2-8H2,1H3,(H,11,12,13). The first-order chi connectivity index (χ1) is 7.51. The van der Waals surface area contributed by atoms with Crippen LogP contribution in [0.1, 0.15) is 6.92 Å². The quantitative estimate of drug-likeness (QED) is 0.650. The molecule has 96 valence electrons. The van der Waals surface area contributed by atoms with E-state index in [1.165, 1.54) is 0 Å². The molecule has 0 aliphatic carbocycles. The summed E-state index contributed by atoms with van der Waals surface area (Å²) < 4.78 is 40.9. The molecular formula is C9H19NO5S. The van der Waals surface area contributed by atoms with Gasteiger partial charge in [0.05, 0.1) is 19.3 Å². The predicted molar refractivity (Wildman–Crippen MR) is 59.1 cm³/mol. The first-order valence-electron chi connectivity index (χ1n) is 5.38. The van der Waals surface area contributed by atoms with Gasteiger partial charge >= 0.3 is 0 Å². The number of hydrogen-bond acceptors (Lipinski definition) is 5. The SMILES string of the molecule is CCOC(CN1CCOCC1)CS(=O)(=O)O. The molecule has 1 heterocycles. The van der Waals surface area contributed by atoms with Crippen LogP contribution >= 0.6 is 0 Å². The molecule has 1 N–H and O–H groups in total. The van der Waals surface area contributed by atoms with Crippen molar-refractivity contribution in [1.29, 1.82) is 0 Å². The van der Waals surface area contributed by atoms with E-state index in [-0.39, 0.29) is 5.75 Å². The average molecular weight is 253 g/mol. The Morgan fingerprint density at radius 3 is 2.56 bits per heavy atom. The minimum atomic E-state index is -3.98. The predicted octanol–water partition coefficient (Wildman–Crippen LogP) is -0.388. The highest BCUT2D eigenvalue weighted by atomic mass is 32.2. The number of ether oxygens (including phenoxy) is 2. The third-order valence-corrected chi connectivity index (χ3v) is 3.16. The molecular weight excluding hydrogens is 234 g/mol. The monoisotopic (exact) mass is 253 g/mol. The van der Waals surface area contributed by atoms with E-state index in [0.717, 1.165) is 13.1 Å². The molecule has 1 aliphatic heterocycles. The van der Waals surface area contributed by atoms with Crippen molar-refractivity contribution in [2.45, 2.75) is 13.0 Å². The molecule has 1 aliphatic rings. The summed E-state index contributed by atoms with van der Waals surface area (Å²) in [4.78, 5) is 2.08. The summed E-state index contributed by atoms with van der Waals surface area (Å²) in [5.74, 6) is -0.349. The second-order valence-corrected chi connectivity index (χ2v) is 5.24. The molecule has 1 unspecified atom stereocenters. The Bertz CT molecular complexity index is 286. The Balaban J connectivity index is 2.43. The fraction of sp³-hybridized carbons (Fsp3) is 1.00. The zero-order valence-electron chi connectivity index (χ0n) is 9.46. The third-order valence-electron chi connectivity index (χ3n) is 2.36. The molecule has 0 saturated carbocycles. The molecule has 0 bridgehead atoms. The van der Waals surface area contributed by atoms with E-state index in [1.807, 2.05) is 0 Å². The molecule has 1 fully saturated rings. The van der Waals surface area contributed by atoms with Crippen molar-refractivity contribution >= 4 is 10.1 Å². The molecule has 1 saturated heterocycles. The van der Waals surface area contributed by atoms with Crippen LogP contribution in [0, 0.1) is 0 Å². The van der Waals surface area contributed by atoms with E-state index in [0.29, 0.717) is 26.4 Å². The molecule has 0 aromatic rings. The van der Waals surface area contributed by atoms with Gasteiger partial charge in [-0.25, -0.2) is 0 Å². The number of hydrogen-bond donors (Lipinski definition) is 1. The van der Waals surface area contributed by atoms with Gasteiger partial charge in [-0.05, 0) is 6.92 Å². The van der Waals surface area contributed by atoms with E-state index < -0.39 is 16.2 Å². The lowest BCUT2D eigenvalue weighted by molar-refractivity contribution is -0.00179. The highest BCUT2D eigenvalue weighted by Crippen LogP contribution is 2.04. The summed E-state index contributed by atoms with van der Waals surface area (Å²) in [5, 5.41) is 0. The van der Waals surface area contributed by atoms with Crippen molar-refractivity contribution in [2.75, 3.05) is 45.2 Å². The summed E-state index contributed by atoms with van der Waals surface area (Å²) in [5.41, 5.74) is 0. The fourth-order valence-corrected chi connectivity index (χ4v) is 2.37. The smallest absolute Gasteiger partial charge is 0.267 e. The van der Waals surface area contributed by atoms with E-state index in [4.69, 9.17) is 14.0 Å². The second kappa shape index (κ2) is 6.51. The number of morpholine rings is 1. The average Bonchev–Trinajstić information content (AvgIpc) is 2.17. The van der Waals surface area contributed by atoms with Crippen molar-refractivity contribution in [3.8, 4) is 0 Å². The van der Waals surface area contributed by atoms with Crippen LogP contribution in [-0.4, -0.2) is 69.2 Å². The maximum absolute atomic E-state index is 10.8. The van der Waals surface area contributed by atoms with Gasteiger partial charge in [0.1, 0.15) is 5.75 Å². The second-order valence-electron chi connectivity index (χ2n) is 3.74. The van der Waals surface area contributed by atoms with E-state index in [9.17, 15) is 8.42 Å². The van der Waals surface area contributed by atoms with Crippen LogP contribution in [0.25, 0.3) is 0 Å². The summed E-state index contributed by atoms with van der Waals surface area (Å²) >= 11 is 0. The number of rotatable bonds is 6. The van der Waals surface area contributed by atoms with E-state index in [2.05, 4.69) is 4.90 Å². The van der Waals surface area contributed by atoms with Gasteiger partial charge in [0.15, 0.2) is 0 Å². The third kappa shape index (κ3) is 5.76. The van der Waals surface area contributed by atoms with Gasteiger partial charge < -0.3 is 9.47 Å². The van der Waals surface area contributed by atoms with Crippen LogP contribution in [0.15, 0.2) is 0 Å². The molecule has 0 spiro atoms. The van der Waals surface area contributed by atoms with Gasteiger partial charge in [0.2, 0.25) is 0 Å². The van der Waals surface area contributed by atoms with Gasteiger partial charge in [-0.1, -0.05) is 0 Å². The molecule has 1 rings (SSSR count). The Kier molecular flexibility index (Phi) is 5.63. The normalized spacial score (nSPS) is 20.9. The molecule has 6 nitrogen and oxygen atoms in total. The first kappa shape index (κ1) is 13.9. The molecule has 0 aromatic heterocycles. The zero-order chi connectivity index (χ0) is 12.0. The Morgan fingerprint density at radius 1 is 1.44 bits per heavy atom. The van der Waals surface area contributed by atoms with Crippen molar-refractivity contribution < 1.29 is 22.4 Å². The molecule has 1 atom stereocenters. The van der Waals surface area contributed by atoms with E-state index >= 15 is 0 Å². The van der Waals surface area contributed by atoms with Gasteiger partial charge in [-0.3, -0.25) is 9.45 Å². The summed E-state index contributed by atoms with van der Waals surface area (Å²) in [6, 6.07) is 0. The highest BCUT2D eigenvalue weighted by molar-refractivity contribution is 7.85. The molecule has 0 amide bonds. The van der Waals surface area contributed by atoms with Gasteiger partial charge in [-0.15, -0.1) is 0 Å². The van der Waals surface area contributed by atoms with Crippen LogP contribution in [0.3, 0.4) is 0 Å². The largest absolute Gasteiger partial charge is 0.379 e. The van der Waals surface area contributed by atoms with E-state index in [1.54, 1.807) is 6.92 Å². The summed E-state index contributed by atoms with van der Waals surface area (Å²) in [6.07, 6.45) is -0.474. The minimum absolute atomic E-state index is 0.349. The molecule has 0 radical (unpaired) electrons. The highest BCUT2D eigenvalue weighted by Gasteiger charge is 2.21. The summed E-state index contributed by atoms with van der Waals surface area (Å²) in [7, 11) is -3.98. The lowest BCUT2D eigenvalue weighted by atomic mass is 10.3. The van der Waals surface area contributed by atoms with Crippen LogP contribution in [-0.2, 0) is 19.6 Å². The Hall–Kier alpha value is -0.210. The van der Waals surface area contributed by atoms with Crippen molar-refractivity contribution in [3.05, 3.63) is 0 Å². The van der Waals surface area contributed by atoms with Crippen LogP contribution in [0.2, 0.25) is 0 Å². The lowest BCUT2D eigenvalue weighted by Crippen LogP contribution is -2.43. The van der Waals surface area contributed by atoms with Crippen molar-refractivity contribution in [2.24, 2.45) is 0 Å². The Labute approximate surface area is 96.3 Å². The number of nitrogens with zero attached hydrogens (tertiary/aromatic N) is 1. The molecule has 0 aromatic carbocycles. The lowest BCUT2D eigenvalue weighted by Gasteiger charge is -2.29. The van der Waals surface area contributed by atoms with Crippen LogP contribution in [0.4, 0.5) is 0 Å². The molecule has 7 heteroatoms. The van der Waals surface area contributed by atoms with Crippen molar-refractivity contribution in [3.63, 3.8) is 0 Å². The van der Waals surface area contributed by atoms with Crippen LogP contribution in [0.5, 0.6) is 0 Å². The first-order valence-corrected chi connectivity index (χ1v) is 6.99. The maximum Gasteiger partial charge on any atom is 0.267 e. The fourth-order valence-electron chi connectivity index (χ4n) is 1.70. The maximum atomic E-state index is 10.8. The zero-order valence-corrected chi connectivity index (χ0v) is 10.3. The Morgan fingerprint density at radius 2 is 2.06 bits per heavy atom. The van der Waals surface area contributed by atoms with Crippen molar-refractivity contribution in [1.82, 2.24) is 4.90 Å². The minimum Gasteiger partial charge on any atom is -0.379 e. The topological polar surface area (TPSA) is 76.1 Å². The molecule has 16 heavy (non-hydrogen) atoms. The summed E-state index contributed by atoms with van der Waals surface area (Å²) in [6.45, 7) is 5.61. The van der Waals surface area contributed by atoms with Crippen LogP contribution < -0.4 is 0 Å². The van der Waals surface area contributed by atoms with Gasteiger partial charge in [-0.2, -0.15) is 8.42 Å².